The molecule has 1 aliphatic heterocycles. The molecule has 0 radical (unpaired) electrons. The van der Waals surface area contributed by atoms with Crippen molar-refractivity contribution in [1.82, 2.24) is 0 Å². The predicted molar refractivity (Wildman–Crippen MR) is 141 cm³/mol. The summed E-state index contributed by atoms with van der Waals surface area (Å²) < 4.78 is 5.77. The summed E-state index contributed by atoms with van der Waals surface area (Å²) in [5, 5.41) is 20.7. The largest absolute Gasteiger partial charge is 0.507 e. The lowest BCUT2D eigenvalue weighted by Gasteiger charge is -2.26. The topological polar surface area (TPSA) is 90.6 Å². The standard InChI is InChI=1S/C31H28N2O4/c1-19(2)37-26-15-11-22(12-16-26)28-27(29(34)24-10-9-21-5-3-4-6-23(21)17-24)30(35)31(36)33(28)25-13-7-20(18-32)8-14-25/h7-17,19,28,34H,3-6H2,1-2H3/b29-27-. The first-order chi connectivity index (χ1) is 17.9. The van der Waals surface area contributed by atoms with Crippen LogP contribution in [0.15, 0.2) is 72.3 Å². The minimum absolute atomic E-state index is 0.000793. The Morgan fingerprint density at radius 1 is 0.973 bits per heavy atom. The van der Waals surface area contributed by atoms with Gasteiger partial charge in [-0.3, -0.25) is 14.5 Å². The van der Waals surface area contributed by atoms with E-state index >= 15 is 0 Å². The molecule has 1 heterocycles. The molecule has 3 aromatic rings. The van der Waals surface area contributed by atoms with Gasteiger partial charge in [-0.05, 0) is 98.7 Å². The van der Waals surface area contributed by atoms with E-state index in [-0.39, 0.29) is 17.4 Å². The summed E-state index contributed by atoms with van der Waals surface area (Å²) >= 11 is 0. The highest BCUT2D eigenvalue weighted by atomic mass is 16.5. The molecule has 1 saturated heterocycles. The third-order valence-corrected chi connectivity index (χ3v) is 6.91. The molecule has 1 fully saturated rings. The molecule has 6 nitrogen and oxygen atoms in total. The number of hydrogen-bond acceptors (Lipinski definition) is 5. The molecule has 0 spiro atoms. The van der Waals surface area contributed by atoms with E-state index in [1.54, 1.807) is 36.4 Å². The highest BCUT2D eigenvalue weighted by Gasteiger charge is 2.47. The Balaban J connectivity index is 1.65. The number of aryl methyl sites for hydroxylation is 2. The van der Waals surface area contributed by atoms with Gasteiger partial charge in [0.15, 0.2) is 0 Å². The van der Waals surface area contributed by atoms with Gasteiger partial charge in [0.1, 0.15) is 11.5 Å². The lowest BCUT2D eigenvalue weighted by Crippen LogP contribution is -2.29. The summed E-state index contributed by atoms with van der Waals surface area (Å²) in [6, 6.07) is 20.7. The fourth-order valence-corrected chi connectivity index (χ4v) is 5.15. The minimum atomic E-state index is -0.836. The third-order valence-electron chi connectivity index (χ3n) is 6.91. The SMILES string of the molecule is CC(C)Oc1ccc(C2/C(=C(/O)c3ccc4c(c3)CCCC4)C(=O)C(=O)N2c2ccc(C#N)cc2)cc1. The van der Waals surface area contributed by atoms with Crippen molar-refractivity contribution in [3.05, 3.63) is 100 Å². The van der Waals surface area contributed by atoms with Crippen LogP contribution in [0.3, 0.4) is 0 Å². The number of hydrogen-bond donors (Lipinski definition) is 1. The van der Waals surface area contributed by atoms with Crippen LogP contribution in [0, 0.1) is 11.3 Å². The van der Waals surface area contributed by atoms with Crippen molar-refractivity contribution in [3.8, 4) is 11.8 Å². The number of rotatable bonds is 5. The molecule has 1 amide bonds. The average molecular weight is 493 g/mol. The molecule has 5 rings (SSSR count). The number of amides is 1. The second kappa shape index (κ2) is 9.94. The van der Waals surface area contributed by atoms with Crippen molar-refractivity contribution in [1.29, 1.82) is 5.26 Å². The Hall–Kier alpha value is -4.37. The average Bonchev–Trinajstić information content (AvgIpc) is 3.18. The Morgan fingerprint density at radius 2 is 1.65 bits per heavy atom. The number of Topliss-reactive ketones (excluding diaryl/α,β-unsaturated/α-hetero) is 1. The number of aliphatic hydroxyl groups is 1. The zero-order valence-electron chi connectivity index (χ0n) is 20.9. The van der Waals surface area contributed by atoms with Gasteiger partial charge >= 0.3 is 0 Å². The van der Waals surface area contributed by atoms with Crippen molar-refractivity contribution >= 4 is 23.1 Å². The number of carbonyl (C=O) groups is 2. The first-order valence-corrected chi connectivity index (χ1v) is 12.6. The van der Waals surface area contributed by atoms with E-state index < -0.39 is 17.7 Å². The number of fused-ring (bicyclic) bond motifs is 1. The summed E-state index contributed by atoms with van der Waals surface area (Å²) in [5.41, 5.74) is 4.59. The number of benzene rings is 3. The summed E-state index contributed by atoms with van der Waals surface area (Å²) in [6.45, 7) is 3.87. The maximum Gasteiger partial charge on any atom is 0.300 e. The summed E-state index contributed by atoms with van der Waals surface area (Å²) in [6.07, 6.45) is 4.16. The van der Waals surface area contributed by atoms with E-state index in [0.717, 1.165) is 25.7 Å². The molecule has 1 atom stereocenters. The Bertz CT molecular complexity index is 1430. The number of aliphatic hydroxyl groups excluding tert-OH is 1. The molecule has 1 N–H and O–H groups in total. The van der Waals surface area contributed by atoms with Gasteiger partial charge in [0.2, 0.25) is 0 Å². The summed E-state index contributed by atoms with van der Waals surface area (Å²) in [4.78, 5) is 28.2. The smallest absolute Gasteiger partial charge is 0.300 e. The van der Waals surface area contributed by atoms with Crippen molar-refractivity contribution in [2.75, 3.05) is 4.90 Å². The third kappa shape index (κ3) is 4.61. The Morgan fingerprint density at radius 3 is 2.30 bits per heavy atom. The van der Waals surface area contributed by atoms with Gasteiger partial charge in [0.25, 0.3) is 11.7 Å². The van der Waals surface area contributed by atoms with E-state index in [1.807, 2.05) is 44.2 Å². The monoisotopic (exact) mass is 492 g/mol. The molecule has 6 heteroatoms. The van der Waals surface area contributed by atoms with Gasteiger partial charge in [0.05, 0.1) is 29.4 Å². The maximum atomic E-state index is 13.4. The summed E-state index contributed by atoms with van der Waals surface area (Å²) in [5.74, 6) is -0.983. The minimum Gasteiger partial charge on any atom is -0.507 e. The molecule has 0 aromatic heterocycles. The van der Waals surface area contributed by atoms with Gasteiger partial charge in [-0.25, -0.2) is 0 Å². The van der Waals surface area contributed by atoms with E-state index in [0.29, 0.717) is 28.1 Å². The predicted octanol–water partition coefficient (Wildman–Crippen LogP) is 5.85. The molecule has 37 heavy (non-hydrogen) atoms. The van der Waals surface area contributed by atoms with Gasteiger partial charge < -0.3 is 9.84 Å². The summed E-state index contributed by atoms with van der Waals surface area (Å²) in [7, 11) is 0. The maximum absolute atomic E-state index is 13.4. The highest BCUT2D eigenvalue weighted by Crippen LogP contribution is 2.43. The van der Waals surface area contributed by atoms with Gasteiger partial charge in [-0.2, -0.15) is 5.26 Å². The van der Waals surface area contributed by atoms with Crippen molar-refractivity contribution in [2.24, 2.45) is 0 Å². The molecule has 3 aromatic carbocycles. The highest BCUT2D eigenvalue weighted by molar-refractivity contribution is 6.51. The van der Waals surface area contributed by atoms with E-state index in [9.17, 15) is 20.0 Å². The van der Waals surface area contributed by atoms with Crippen LogP contribution in [0.25, 0.3) is 5.76 Å². The van der Waals surface area contributed by atoms with Crippen LogP contribution in [0.5, 0.6) is 5.75 Å². The second-order valence-corrected chi connectivity index (χ2v) is 9.75. The number of carbonyl (C=O) groups excluding carboxylic acids is 2. The zero-order valence-corrected chi connectivity index (χ0v) is 20.9. The van der Waals surface area contributed by atoms with Crippen molar-refractivity contribution in [3.63, 3.8) is 0 Å². The van der Waals surface area contributed by atoms with Crippen LogP contribution in [0.1, 0.15) is 60.5 Å². The van der Waals surface area contributed by atoms with Crippen LogP contribution < -0.4 is 9.64 Å². The molecular weight excluding hydrogens is 464 g/mol. The fourth-order valence-electron chi connectivity index (χ4n) is 5.15. The first-order valence-electron chi connectivity index (χ1n) is 12.6. The Labute approximate surface area is 216 Å². The molecule has 186 valence electrons. The number of ketones is 1. The van der Waals surface area contributed by atoms with Gasteiger partial charge in [0, 0.05) is 11.3 Å². The molecule has 0 bridgehead atoms. The number of nitriles is 1. The normalized spacial score (nSPS) is 18.5. The second-order valence-electron chi connectivity index (χ2n) is 9.75. The quantitative estimate of drug-likeness (QED) is 0.274. The lowest BCUT2D eigenvalue weighted by molar-refractivity contribution is -0.132. The van der Waals surface area contributed by atoms with Crippen LogP contribution >= 0.6 is 0 Å². The molecular formula is C31H28N2O4. The molecule has 1 unspecified atom stereocenters. The van der Waals surface area contributed by atoms with E-state index in [4.69, 9.17) is 4.74 Å². The van der Waals surface area contributed by atoms with E-state index in [1.165, 1.54) is 16.0 Å². The van der Waals surface area contributed by atoms with Gasteiger partial charge in [-0.1, -0.05) is 24.3 Å². The van der Waals surface area contributed by atoms with Crippen LogP contribution in [0.2, 0.25) is 0 Å². The number of ether oxygens (including phenoxy) is 1. The van der Waals surface area contributed by atoms with Crippen molar-refractivity contribution in [2.45, 2.75) is 51.7 Å². The number of nitrogens with zero attached hydrogens (tertiary/aromatic N) is 2. The van der Waals surface area contributed by atoms with Crippen molar-refractivity contribution < 1.29 is 19.4 Å². The van der Waals surface area contributed by atoms with Crippen LogP contribution in [-0.4, -0.2) is 22.9 Å². The fraction of sp³-hybridized carbons (Fsp3) is 0.258. The molecule has 0 saturated carbocycles. The first kappa shape index (κ1) is 24.3. The van der Waals surface area contributed by atoms with Crippen LogP contribution in [-0.2, 0) is 22.4 Å². The Kier molecular flexibility index (Phi) is 6.54. The molecule has 1 aliphatic carbocycles. The lowest BCUT2D eigenvalue weighted by atomic mass is 9.88. The van der Waals surface area contributed by atoms with Gasteiger partial charge in [-0.15, -0.1) is 0 Å². The number of anilines is 1. The zero-order chi connectivity index (χ0) is 26.1. The van der Waals surface area contributed by atoms with E-state index in [2.05, 4.69) is 6.07 Å². The molecule has 2 aliphatic rings. The van der Waals surface area contributed by atoms with Crippen LogP contribution in [0.4, 0.5) is 5.69 Å².